The lowest BCUT2D eigenvalue weighted by Gasteiger charge is -2.26. The molecule has 0 aliphatic carbocycles. The number of halogens is 3. The normalized spacial score (nSPS) is 10.7. The average Bonchev–Trinajstić information content (AvgIpc) is 2.28. The molecule has 1 rings (SSSR count). The lowest BCUT2D eigenvalue weighted by Crippen LogP contribution is -2.38. The minimum absolute atomic E-state index is 0.0245. The van der Waals surface area contributed by atoms with E-state index in [2.05, 4.69) is 15.9 Å². The summed E-state index contributed by atoms with van der Waals surface area (Å²) in [5, 5.41) is 0. The summed E-state index contributed by atoms with van der Waals surface area (Å²) in [5.74, 6) is -0.297. The Morgan fingerprint density at radius 3 is 2.71 bits per heavy atom. The van der Waals surface area contributed by atoms with Gasteiger partial charge in [-0.25, -0.2) is 4.39 Å². The van der Waals surface area contributed by atoms with Gasteiger partial charge in [0, 0.05) is 18.5 Å². The van der Waals surface area contributed by atoms with Gasteiger partial charge in [0.1, 0.15) is 5.82 Å². The Kier molecular flexibility index (Phi) is 5.40. The second-order valence-electron chi connectivity index (χ2n) is 3.88. The second-order valence-corrected chi connectivity index (χ2v) is 5.05. The molecule has 2 nitrogen and oxygen atoms in total. The van der Waals surface area contributed by atoms with E-state index in [-0.39, 0.29) is 16.4 Å². The van der Waals surface area contributed by atoms with Gasteiger partial charge in [0.25, 0.3) is 5.91 Å². The third kappa shape index (κ3) is 3.42. The van der Waals surface area contributed by atoms with E-state index in [4.69, 9.17) is 11.6 Å². The molecule has 0 aromatic heterocycles. The number of rotatable bonds is 4. The van der Waals surface area contributed by atoms with Crippen LogP contribution in [-0.4, -0.2) is 29.3 Å². The van der Waals surface area contributed by atoms with Gasteiger partial charge >= 0.3 is 0 Å². The van der Waals surface area contributed by atoms with Crippen molar-refractivity contribution in [2.75, 3.05) is 12.4 Å². The predicted molar refractivity (Wildman–Crippen MR) is 71.0 cm³/mol. The summed E-state index contributed by atoms with van der Waals surface area (Å²) in [6.07, 6.45) is 0. The quantitative estimate of drug-likeness (QED) is 0.774. The molecule has 0 saturated heterocycles. The van der Waals surface area contributed by atoms with Crippen molar-refractivity contribution in [2.24, 2.45) is 0 Å². The number of hydrogen-bond acceptors (Lipinski definition) is 1. The Balaban J connectivity index is 3.05. The summed E-state index contributed by atoms with van der Waals surface area (Å²) in [6.45, 7) is 4.25. The van der Waals surface area contributed by atoms with Crippen molar-refractivity contribution in [3.8, 4) is 0 Å². The number of amides is 1. The van der Waals surface area contributed by atoms with Gasteiger partial charge in [-0.2, -0.15) is 0 Å². The van der Waals surface area contributed by atoms with Crippen LogP contribution in [0.2, 0.25) is 0 Å². The summed E-state index contributed by atoms with van der Waals surface area (Å²) < 4.78 is 13.5. The number of nitrogens with zero attached hydrogens (tertiary/aromatic N) is 1. The maximum Gasteiger partial charge on any atom is 0.255 e. The highest BCUT2D eigenvalue weighted by Gasteiger charge is 2.21. The van der Waals surface area contributed by atoms with E-state index < -0.39 is 5.82 Å². The Morgan fingerprint density at radius 1 is 1.53 bits per heavy atom. The maximum absolute atomic E-state index is 13.3. The number of carbonyl (C=O) groups is 1. The summed E-state index contributed by atoms with van der Waals surface area (Å²) in [7, 11) is 0. The minimum atomic E-state index is -0.439. The summed E-state index contributed by atoms with van der Waals surface area (Å²) in [5.41, 5.74) is 0.323. The van der Waals surface area contributed by atoms with Crippen LogP contribution in [0.4, 0.5) is 4.39 Å². The minimum Gasteiger partial charge on any atom is -0.335 e. The first-order valence-electron chi connectivity index (χ1n) is 5.30. The van der Waals surface area contributed by atoms with E-state index in [1.165, 1.54) is 12.1 Å². The zero-order valence-corrected chi connectivity index (χ0v) is 12.1. The molecule has 0 N–H and O–H groups in total. The average molecular weight is 323 g/mol. The van der Waals surface area contributed by atoms with Crippen LogP contribution in [0, 0.1) is 5.82 Å². The SMILES string of the molecule is CC(C)N(CCCl)C(=O)c1cccc(F)c1Br. The van der Waals surface area contributed by atoms with Gasteiger partial charge in [0.15, 0.2) is 0 Å². The largest absolute Gasteiger partial charge is 0.335 e. The molecule has 1 aromatic carbocycles. The smallest absolute Gasteiger partial charge is 0.255 e. The Morgan fingerprint density at radius 2 is 2.18 bits per heavy atom. The van der Waals surface area contributed by atoms with Crippen LogP contribution in [0.3, 0.4) is 0 Å². The molecular formula is C12H14BrClFNO. The molecule has 17 heavy (non-hydrogen) atoms. The molecule has 0 heterocycles. The zero-order valence-electron chi connectivity index (χ0n) is 9.71. The van der Waals surface area contributed by atoms with Crippen molar-refractivity contribution >= 4 is 33.4 Å². The van der Waals surface area contributed by atoms with Crippen LogP contribution in [0.5, 0.6) is 0 Å². The van der Waals surface area contributed by atoms with Crippen LogP contribution in [0.15, 0.2) is 22.7 Å². The standard InChI is InChI=1S/C12H14BrClFNO/c1-8(2)16(7-6-14)12(17)9-4-3-5-10(15)11(9)13/h3-5,8H,6-7H2,1-2H3. The van der Waals surface area contributed by atoms with Gasteiger partial charge in [0.2, 0.25) is 0 Å². The molecule has 0 bridgehead atoms. The topological polar surface area (TPSA) is 20.3 Å². The van der Waals surface area contributed by atoms with Gasteiger partial charge in [0.05, 0.1) is 10.0 Å². The van der Waals surface area contributed by atoms with E-state index in [1.54, 1.807) is 11.0 Å². The fourth-order valence-corrected chi connectivity index (χ4v) is 2.13. The van der Waals surface area contributed by atoms with Crippen LogP contribution in [-0.2, 0) is 0 Å². The van der Waals surface area contributed by atoms with Crippen molar-refractivity contribution in [1.29, 1.82) is 0 Å². The van der Waals surface area contributed by atoms with E-state index in [9.17, 15) is 9.18 Å². The maximum atomic E-state index is 13.3. The van der Waals surface area contributed by atoms with E-state index in [0.717, 1.165) is 0 Å². The fraction of sp³-hybridized carbons (Fsp3) is 0.417. The Labute approximate surface area is 114 Å². The first kappa shape index (κ1) is 14.5. The van der Waals surface area contributed by atoms with Crippen molar-refractivity contribution < 1.29 is 9.18 Å². The van der Waals surface area contributed by atoms with Gasteiger partial charge in [-0.15, -0.1) is 11.6 Å². The number of alkyl halides is 1. The fourth-order valence-electron chi connectivity index (χ4n) is 1.51. The molecule has 0 fully saturated rings. The third-order valence-electron chi connectivity index (χ3n) is 2.39. The first-order valence-corrected chi connectivity index (χ1v) is 6.62. The molecule has 0 spiro atoms. The highest BCUT2D eigenvalue weighted by Crippen LogP contribution is 2.22. The molecule has 0 radical (unpaired) electrons. The van der Waals surface area contributed by atoms with Crippen molar-refractivity contribution in [3.63, 3.8) is 0 Å². The highest BCUT2D eigenvalue weighted by molar-refractivity contribution is 9.10. The van der Waals surface area contributed by atoms with Gasteiger partial charge in [-0.1, -0.05) is 6.07 Å². The molecule has 0 saturated carbocycles. The number of carbonyl (C=O) groups excluding carboxylic acids is 1. The number of benzene rings is 1. The number of hydrogen-bond donors (Lipinski definition) is 0. The van der Waals surface area contributed by atoms with Gasteiger partial charge in [-0.3, -0.25) is 4.79 Å². The van der Waals surface area contributed by atoms with Crippen LogP contribution < -0.4 is 0 Å². The molecule has 1 amide bonds. The van der Waals surface area contributed by atoms with Gasteiger partial charge < -0.3 is 4.90 Å². The molecular weight excluding hydrogens is 308 g/mol. The Hall–Kier alpha value is -0.610. The van der Waals surface area contributed by atoms with Crippen LogP contribution >= 0.6 is 27.5 Å². The summed E-state index contributed by atoms with van der Waals surface area (Å²) >= 11 is 8.76. The zero-order chi connectivity index (χ0) is 13.0. The van der Waals surface area contributed by atoms with Crippen molar-refractivity contribution in [3.05, 3.63) is 34.1 Å². The molecule has 0 unspecified atom stereocenters. The monoisotopic (exact) mass is 321 g/mol. The molecule has 5 heteroatoms. The highest BCUT2D eigenvalue weighted by atomic mass is 79.9. The van der Waals surface area contributed by atoms with Crippen molar-refractivity contribution in [1.82, 2.24) is 4.90 Å². The summed E-state index contributed by atoms with van der Waals surface area (Å²) in [6, 6.07) is 4.45. The molecule has 0 aliphatic heterocycles. The molecule has 94 valence electrons. The van der Waals surface area contributed by atoms with E-state index in [1.807, 2.05) is 13.8 Å². The third-order valence-corrected chi connectivity index (χ3v) is 3.37. The predicted octanol–water partition coefficient (Wildman–Crippen LogP) is 3.68. The molecule has 0 aliphatic rings. The van der Waals surface area contributed by atoms with E-state index >= 15 is 0 Å². The van der Waals surface area contributed by atoms with Crippen molar-refractivity contribution in [2.45, 2.75) is 19.9 Å². The molecule has 1 aromatic rings. The first-order chi connectivity index (χ1) is 7.99. The van der Waals surface area contributed by atoms with Gasteiger partial charge in [-0.05, 0) is 41.9 Å². The Bertz CT molecular complexity index is 411. The van der Waals surface area contributed by atoms with Crippen LogP contribution in [0.25, 0.3) is 0 Å². The molecule has 0 atom stereocenters. The van der Waals surface area contributed by atoms with Crippen LogP contribution in [0.1, 0.15) is 24.2 Å². The summed E-state index contributed by atoms with van der Waals surface area (Å²) in [4.78, 5) is 13.8. The lowest BCUT2D eigenvalue weighted by molar-refractivity contribution is 0.0716. The van der Waals surface area contributed by atoms with E-state index in [0.29, 0.717) is 18.0 Å². The second kappa shape index (κ2) is 6.36. The lowest BCUT2D eigenvalue weighted by atomic mass is 10.1.